The van der Waals surface area contributed by atoms with Crippen LogP contribution in [0.4, 0.5) is 0 Å². The molecule has 0 atom stereocenters. The number of nitrogens with zero attached hydrogens (tertiary/aromatic N) is 2. The molecule has 3 aromatic rings. The molecule has 3 nitrogen and oxygen atoms in total. The lowest BCUT2D eigenvalue weighted by Crippen LogP contribution is -2.02. The smallest absolute Gasteiger partial charge is 0.144 e. The number of hydrogen-bond acceptors (Lipinski definition) is 2. The summed E-state index contributed by atoms with van der Waals surface area (Å²) in [6.45, 7) is 0.619. The molecule has 0 unspecified atom stereocenters. The lowest BCUT2D eigenvalue weighted by molar-refractivity contribution is 0.937. The molecule has 0 radical (unpaired) electrons. The first kappa shape index (κ1) is 10.6. The largest absolute Gasteiger partial charge is 0.330 e. The highest BCUT2D eigenvalue weighted by atomic mass is 35.5. The lowest BCUT2D eigenvalue weighted by Gasteiger charge is -2.00. The monoisotopic (exact) mass is 245 g/mol. The van der Waals surface area contributed by atoms with Crippen molar-refractivity contribution in [2.24, 2.45) is 5.73 Å². The van der Waals surface area contributed by atoms with E-state index in [1.165, 1.54) is 0 Å². The van der Waals surface area contributed by atoms with Crippen LogP contribution >= 0.6 is 11.6 Å². The molecule has 0 fully saturated rings. The molecule has 0 aliphatic carbocycles. The van der Waals surface area contributed by atoms with Crippen LogP contribution in [0.2, 0.25) is 5.02 Å². The number of aromatic nitrogens is 2. The van der Waals surface area contributed by atoms with Gasteiger partial charge in [0.1, 0.15) is 5.65 Å². The molecule has 0 spiro atoms. The Morgan fingerprint density at radius 2 is 2.18 bits per heavy atom. The van der Waals surface area contributed by atoms with Crippen molar-refractivity contribution in [3.63, 3.8) is 0 Å². The second kappa shape index (κ2) is 4.02. The van der Waals surface area contributed by atoms with Crippen molar-refractivity contribution in [1.29, 1.82) is 0 Å². The number of hydrogen-bond donors (Lipinski definition) is 1. The third kappa shape index (κ3) is 1.77. The van der Waals surface area contributed by atoms with Crippen LogP contribution in [0.25, 0.3) is 16.4 Å². The normalized spacial score (nSPS) is 11.4. The van der Waals surface area contributed by atoms with Crippen LogP contribution in [0.15, 0.2) is 36.7 Å². The predicted molar refractivity (Wildman–Crippen MR) is 70.5 cm³/mol. The maximum Gasteiger partial charge on any atom is 0.144 e. The minimum absolute atomic E-state index is 0.619. The van der Waals surface area contributed by atoms with Gasteiger partial charge in [-0.05, 0) is 36.2 Å². The second-order valence-corrected chi connectivity index (χ2v) is 4.49. The van der Waals surface area contributed by atoms with Crippen LogP contribution in [-0.2, 0) is 6.42 Å². The second-order valence-electron chi connectivity index (χ2n) is 4.05. The van der Waals surface area contributed by atoms with Crippen molar-refractivity contribution in [1.82, 2.24) is 9.38 Å². The minimum Gasteiger partial charge on any atom is -0.330 e. The standard InChI is InChI=1S/C13H12ClN3/c14-10-1-2-12-9(7-10)4-6-17-8-11(3-5-15)16-13(12)17/h1-2,4,6-8H,3,5,15H2. The van der Waals surface area contributed by atoms with Gasteiger partial charge < -0.3 is 10.1 Å². The zero-order valence-corrected chi connectivity index (χ0v) is 9.98. The number of halogens is 1. The molecule has 0 aliphatic rings. The van der Waals surface area contributed by atoms with E-state index in [9.17, 15) is 0 Å². The van der Waals surface area contributed by atoms with Gasteiger partial charge in [0, 0.05) is 29.2 Å². The zero-order chi connectivity index (χ0) is 11.8. The van der Waals surface area contributed by atoms with Gasteiger partial charge in [0.2, 0.25) is 0 Å². The van der Waals surface area contributed by atoms with E-state index >= 15 is 0 Å². The maximum absolute atomic E-state index is 5.98. The number of imidazole rings is 1. The van der Waals surface area contributed by atoms with E-state index in [2.05, 4.69) is 4.98 Å². The highest BCUT2D eigenvalue weighted by Gasteiger charge is 2.05. The topological polar surface area (TPSA) is 43.3 Å². The first-order valence-electron chi connectivity index (χ1n) is 5.54. The summed E-state index contributed by atoms with van der Waals surface area (Å²) in [5, 5.41) is 2.96. The third-order valence-electron chi connectivity index (χ3n) is 2.85. The van der Waals surface area contributed by atoms with Crippen molar-refractivity contribution >= 4 is 28.0 Å². The summed E-state index contributed by atoms with van der Waals surface area (Å²) in [4.78, 5) is 4.60. The molecule has 1 aromatic carbocycles. The van der Waals surface area contributed by atoms with Gasteiger partial charge in [0.15, 0.2) is 0 Å². The average Bonchev–Trinajstić information content (AvgIpc) is 2.72. The van der Waals surface area contributed by atoms with Crippen LogP contribution in [0.1, 0.15) is 5.69 Å². The number of rotatable bonds is 2. The molecule has 0 saturated heterocycles. The number of nitrogens with two attached hydrogens (primary N) is 1. The van der Waals surface area contributed by atoms with E-state index < -0.39 is 0 Å². The minimum atomic E-state index is 0.619. The Kier molecular flexibility index (Phi) is 2.50. The van der Waals surface area contributed by atoms with E-state index in [1.807, 2.05) is 41.1 Å². The van der Waals surface area contributed by atoms with Gasteiger partial charge in [-0.3, -0.25) is 0 Å². The van der Waals surface area contributed by atoms with Gasteiger partial charge >= 0.3 is 0 Å². The molecular weight excluding hydrogens is 234 g/mol. The molecule has 3 rings (SSSR count). The Bertz CT molecular complexity index is 688. The molecule has 2 heterocycles. The summed E-state index contributed by atoms with van der Waals surface area (Å²) in [6.07, 6.45) is 4.83. The Labute approximate surface area is 104 Å². The molecule has 17 heavy (non-hydrogen) atoms. The fourth-order valence-electron chi connectivity index (χ4n) is 2.06. The summed E-state index contributed by atoms with van der Waals surface area (Å²) in [6, 6.07) is 7.89. The molecule has 0 amide bonds. The van der Waals surface area contributed by atoms with Crippen LogP contribution < -0.4 is 5.73 Å². The SMILES string of the molecule is NCCc1cn2ccc3cc(Cl)ccc3c2n1. The van der Waals surface area contributed by atoms with Crippen molar-refractivity contribution in [2.75, 3.05) is 6.54 Å². The lowest BCUT2D eigenvalue weighted by atomic mass is 10.2. The highest BCUT2D eigenvalue weighted by Crippen LogP contribution is 2.23. The van der Waals surface area contributed by atoms with Crippen molar-refractivity contribution in [2.45, 2.75) is 6.42 Å². The third-order valence-corrected chi connectivity index (χ3v) is 3.09. The molecule has 86 valence electrons. The van der Waals surface area contributed by atoms with Gasteiger partial charge in [0.25, 0.3) is 0 Å². The van der Waals surface area contributed by atoms with Crippen molar-refractivity contribution in [3.8, 4) is 0 Å². The van der Waals surface area contributed by atoms with Crippen LogP contribution in [0.3, 0.4) is 0 Å². The van der Waals surface area contributed by atoms with Crippen LogP contribution in [0, 0.1) is 0 Å². The summed E-state index contributed by atoms with van der Waals surface area (Å²) in [7, 11) is 0. The molecule has 0 aliphatic heterocycles. The van der Waals surface area contributed by atoms with Gasteiger partial charge in [-0.1, -0.05) is 11.6 Å². The zero-order valence-electron chi connectivity index (χ0n) is 9.23. The fraction of sp³-hybridized carbons (Fsp3) is 0.154. The van der Waals surface area contributed by atoms with Crippen LogP contribution in [-0.4, -0.2) is 15.9 Å². The predicted octanol–water partition coefficient (Wildman–Crippen LogP) is 2.64. The quantitative estimate of drug-likeness (QED) is 0.754. The van der Waals surface area contributed by atoms with Crippen molar-refractivity contribution < 1.29 is 0 Å². The van der Waals surface area contributed by atoms with E-state index in [4.69, 9.17) is 17.3 Å². The Morgan fingerprint density at radius 3 is 3.00 bits per heavy atom. The Hall–Kier alpha value is -1.58. The van der Waals surface area contributed by atoms with Crippen LogP contribution in [0.5, 0.6) is 0 Å². The van der Waals surface area contributed by atoms with Gasteiger partial charge in [-0.2, -0.15) is 0 Å². The number of benzene rings is 1. The molecule has 4 heteroatoms. The van der Waals surface area contributed by atoms with Gasteiger partial charge in [-0.25, -0.2) is 4.98 Å². The van der Waals surface area contributed by atoms with E-state index in [1.54, 1.807) is 0 Å². The Balaban J connectivity index is 2.31. The summed E-state index contributed by atoms with van der Waals surface area (Å²) < 4.78 is 2.03. The molecule has 2 aromatic heterocycles. The fourth-order valence-corrected chi connectivity index (χ4v) is 2.24. The van der Waals surface area contributed by atoms with E-state index in [0.29, 0.717) is 6.54 Å². The van der Waals surface area contributed by atoms with Crippen molar-refractivity contribution in [3.05, 3.63) is 47.4 Å². The summed E-state index contributed by atoms with van der Waals surface area (Å²) >= 11 is 5.98. The number of fused-ring (bicyclic) bond motifs is 3. The van der Waals surface area contributed by atoms with Gasteiger partial charge in [0.05, 0.1) is 5.69 Å². The molecule has 2 N–H and O–H groups in total. The Morgan fingerprint density at radius 1 is 1.29 bits per heavy atom. The average molecular weight is 246 g/mol. The summed E-state index contributed by atoms with van der Waals surface area (Å²) in [5.41, 5.74) is 7.53. The molecule has 0 saturated carbocycles. The van der Waals surface area contributed by atoms with Gasteiger partial charge in [-0.15, -0.1) is 0 Å². The maximum atomic E-state index is 5.98. The molecular formula is C13H12ClN3. The first-order chi connectivity index (χ1) is 8.28. The van der Waals surface area contributed by atoms with E-state index in [0.717, 1.165) is 33.6 Å². The molecule has 0 bridgehead atoms. The first-order valence-corrected chi connectivity index (χ1v) is 5.91. The van der Waals surface area contributed by atoms with E-state index in [-0.39, 0.29) is 0 Å². The number of pyridine rings is 1. The highest BCUT2D eigenvalue weighted by molar-refractivity contribution is 6.31. The summed E-state index contributed by atoms with van der Waals surface area (Å²) in [5.74, 6) is 0.